The van der Waals surface area contributed by atoms with E-state index in [-0.39, 0.29) is 17.3 Å². The summed E-state index contributed by atoms with van der Waals surface area (Å²) in [5.41, 5.74) is 2.70. The first-order chi connectivity index (χ1) is 13.2. The summed E-state index contributed by atoms with van der Waals surface area (Å²) >= 11 is 0. The van der Waals surface area contributed by atoms with Gasteiger partial charge < -0.3 is 4.98 Å². The molecule has 0 radical (unpaired) electrons. The van der Waals surface area contributed by atoms with Gasteiger partial charge in [-0.2, -0.15) is 0 Å². The second kappa shape index (κ2) is 7.80. The number of piperidine rings is 1. The number of pyridine rings is 1. The Morgan fingerprint density at radius 2 is 1.78 bits per heavy atom. The normalized spacial score (nSPS) is 15.7. The van der Waals surface area contributed by atoms with E-state index in [0.29, 0.717) is 5.82 Å². The van der Waals surface area contributed by atoms with Gasteiger partial charge in [-0.25, -0.2) is 9.37 Å². The number of aromatic nitrogens is 3. The lowest BCUT2D eigenvalue weighted by atomic mass is 9.93. The van der Waals surface area contributed by atoms with Gasteiger partial charge in [0.1, 0.15) is 11.6 Å². The topological polar surface area (TPSA) is 61.9 Å². The Labute approximate surface area is 156 Å². The SMILES string of the molecule is O=c1cc(C2CCN(Cc3ccc(F)cc3)CC2)nc(-c2ccncc2)[nH]1. The molecule has 6 heteroatoms. The number of aromatic amines is 1. The molecule has 0 amide bonds. The van der Waals surface area contributed by atoms with Crippen molar-refractivity contribution in [3.63, 3.8) is 0 Å². The van der Waals surface area contributed by atoms with Crippen molar-refractivity contribution < 1.29 is 4.39 Å². The van der Waals surface area contributed by atoms with Gasteiger partial charge in [0.05, 0.1) is 5.69 Å². The van der Waals surface area contributed by atoms with E-state index in [2.05, 4.69) is 14.9 Å². The van der Waals surface area contributed by atoms with Crippen LogP contribution in [0.5, 0.6) is 0 Å². The van der Waals surface area contributed by atoms with E-state index in [4.69, 9.17) is 4.98 Å². The third-order valence-corrected chi connectivity index (χ3v) is 5.04. The van der Waals surface area contributed by atoms with Crippen molar-refractivity contribution in [1.82, 2.24) is 19.9 Å². The largest absolute Gasteiger partial charge is 0.307 e. The van der Waals surface area contributed by atoms with Gasteiger partial charge in [-0.1, -0.05) is 12.1 Å². The van der Waals surface area contributed by atoms with Crippen molar-refractivity contribution in [3.05, 3.63) is 82.3 Å². The third-order valence-electron chi connectivity index (χ3n) is 5.04. The van der Waals surface area contributed by atoms with E-state index < -0.39 is 0 Å². The summed E-state index contributed by atoms with van der Waals surface area (Å²) in [6.45, 7) is 2.68. The van der Waals surface area contributed by atoms with E-state index in [1.165, 1.54) is 12.1 Å². The number of halogens is 1. The Kier molecular flexibility index (Phi) is 5.07. The summed E-state index contributed by atoms with van der Waals surface area (Å²) in [6.07, 6.45) is 5.28. The third kappa shape index (κ3) is 4.28. The van der Waals surface area contributed by atoms with Gasteiger partial charge in [-0.15, -0.1) is 0 Å². The number of rotatable bonds is 4. The van der Waals surface area contributed by atoms with E-state index >= 15 is 0 Å². The van der Waals surface area contributed by atoms with Crippen LogP contribution < -0.4 is 5.56 Å². The molecule has 1 aromatic carbocycles. The van der Waals surface area contributed by atoms with Crippen LogP contribution in [0.25, 0.3) is 11.4 Å². The Bertz CT molecular complexity index is 948. The van der Waals surface area contributed by atoms with E-state index in [1.807, 2.05) is 24.3 Å². The van der Waals surface area contributed by atoms with Crippen LogP contribution in [0.2, 0.25) is 0 Å². The molecule has 27 heavy (non-hydrogen) atoms. The molecular formula is C21H21FN4O. The van der Waals surface area contributed by atoms with Crippen LogP contribution in [-0.2, 0) is 6.54 Å². The second-order valence-electron chi connectivity index (χ2n) is 6.93. The molecule has 2 aromatic heterocycles. The molecule has 138 valence electrons. The molecule has 3 aromatic rings. The summed E-state index contributed by atoms with van der Waals surface area (Å²) in [5.74, 6) is 0.661. The lowest BCUT2D eigenvalue weighted by molar-refractivity contribution is 0.203. The molecule has 1 aliphatic rings. The molecule has 0 spiro atoms. The van der Waals surface area contributed by atoms with E-state index in [0.717, 1.165) is 49.3 Å². The van der Waals surface area contributed by atoms with Gasteiger partial charge in [0, 0.05) is 36.5 Å². The van der Waals surface area contributed by atoms with Crippen LogP contribution in [0, 0.1) is 5.82 Å². The second-order valence-corrected chi connectivity index (χ2v) is 6.93. The molecule has 1 fully saturated rings. The minimum atomic E-state index is -0.206. The average Bonchev–Trinajstić information content (AvgIpc) is 2.70. The number of benzene rings is 1. The summed E-state index contributed by atoms with van der Waals surface area (Å²) in [7, 11) is 0. The Morgan fingerprint density at radius 3 is 2.48 bits per heavy atom. The number of H-pyrrole nitrogens is 1. The molecule has 0 bridgehead atoms. The zero-order valence-electron chi connectivity index (χ0n) is 14.9. The van der Waals surface area contributed by atoms with Crippen molar-refractivity contribution in [3.8, 4) is 11.4 Å². The van der Waals surface area contributed by atoms with Crippen molar-refractivity contribution in [2.75, 3.05) is 13.1 Å². The monoisotopic (exact) mass is 364 g/mol. The number of nitrogens with one attached hydrogen (secondary N) is 1. The van der Waals surface area contributed by atoms with Gasteiger partial charge in [-0.3, -0.25) is 14.7 Å². The van der Waals surface area contributed by atoms with Crippen LogP contribution in [0.1, 0.15) is 30.0 Å². The van der Waals surface area contributed by atoms with Crippen LogP contribution >= 0.6 is 0 Å². The standard InChI is InChI=1S/C21H21FN4O/c22-18-3-1-15(2-4-18)14-26-11-7-16(8-12-26)19-13-20(27)25-21(24-19)17-5-9-23-10-6-17/h1-6,9-10,13,16H,7-8,11-12,14H2,(H,24,25,27). The molecule has 0 atom stereocenters. The van der Waals surface area contributed by atoms with Gasteiger partial charge in [0.2, 0.25) is 0 Å². The number of likely N-dealkylation sites (tertiary alicyclic amines) is 1. The number of hydrogen-bond acceptors (Lipinski definition) is 4. The first-order valence-corrected chi connectivity index (χ1v) is 9.16. The molecule has 1 N–H and O–H groups in total. The highest BCUT2D eigenvalue weighted by molar-refractivity contribution is 5.53. The first-order valence-electron chi connectivity index (χ1n) is 9.16. The van der Waals surface area contributed by atoms with Crippen molar-refractivity contribution in [1.29, 1.82) is 0 Å². The maximum atomic E-state index is 13.0. The molecule has 1 aliphatic heterocycles. The van der Waals surface area contributed by atoms with Crippen LogP contribution in [0.4, 0.5) is 4.39 Å². The van der Waals surface area contributed by atoms with Gasteiger partial charge >= 0.3 is 0 Å². The summed E-state index contributed by atoms with van der Waals surface area (Å²) in [5, 5.41) is 0. The lowest BCUT2D eigenvalue weighted by Crippen LogP contribution is -2.33. The van der Waals surface area contributed by atoms with Crippen LogP contribution in [0.15, 0.2) is 59.7 Å². The summed E-state index contributed by atoms with van der Waals surface area (Å²) < 4.78 is 13.0. The quantitative estimate of drug-likeness (QED) is 0.771. The average molecular weight is 364 g/mol. The van der Waals surface area contributed by atoms with Crippen molar-refractivity contribution in [2.24, 2.45) is 0 Å². The van der Waals surface area contributed by atoms with Crippen molar-refractivity contribution >= 4 is 0 Å². The van der Waals surface area contributed by atoms with Crippen molar-refractivity contribution in [2.45, 2.75) is 25.3 Å². The Hall–Kier alpha value is -2.86. The maximum Gasteiger partial charge on any atom is 0.251 e. The predicted molar refractivity (Wildman–Crippen MR) is 102 cm³/mol. The molecule has 4 rings (SSSR count). The van der Waals surface area contributed by atoms with Crippen LogP contribution in [0.3, 0.4) is 0 Å². The molecule has 5 nitrogen and oxygen atoms in total. The minimum Gasteiger partial charge on any atom is -0.307 e. The summed E-state index contributed by atoms with van der Waals surface area (Å²) in [4.78, 5) is 26.0. The zero-order valence-corrected chi connectivity index (χ0v) is 14.9. The van der Waals surface area contributed by atoms with Gasteiger partial charge in [-0.05, 0) is 55.8 Å². The molecule has 0 unspecified atom stereocenters. The minimum absolute atomic E-state index is 0.124. The first kappa shape index (κ1) is 17.5. The van der Waals surface area contributed by atoms with E-state index in [1.54, 1.807) is 18.5 Å². The zero-order chi connectivity index (χ0) is 18.6. The van der Waals surface area contributed by atoms with Gasteiger partial charge in [0.15, 0.2) is 0 Å². The highest BCUT2D eigenvalue weighted by Gasteiger charge is 2.22. The molecule has 0 saturated carbocycles. The van der Waals surface area contributed by atoms with E-state index in [9.17, 15) is 9.18 Å². The van der Waals surface area contributed by atoms with Gasteiger partial charge in [0.25, 0.3) is 5.56 Å². The Balaban J connectivity index is 1.44. The molecular weight excluding hydrogens is 343 g/mol. The fourth-order valence-electron chi connectivity index (χ4n) is 3.57. The highest BCUT2D eigenvalue weighted by atomic mass is 19.1. The number of nitrogens with zero attached hydrogens (tertiary/aromatic N) is 3. The fourth-order valence-corrected chi connectivity index (χ4v) is 3.57. The molecule has 1 saturated heterocycles. The lowest BCUT2D eigenvalue weighted by Gasteiger charge is -2.31. The molecule has 0 aliphatic carbocycles. The Morgan fingerprint density at radius 1 is 1.07 bits per heavy atom. The maximum absolute atomic E-state index is 13.0. The van der Waals surface area contributed by atoms with Crippen LogP contribution in [-0.4, -0.2) is 32.9 Å². The smallest absolute Gasteiger partial charge is 0.251 e. The fraction of sp³-hybridized carbons (Fsp3) is 0.286. The predicted octanol–water partition coefficient (Wildman–Crippen LogP) is 3.35. The molecule has 3 heterocycles. The summed E-state index contributed by atoms with van der Waals surface area (Å²) in [6, 6.07) is 12.0. The number of hydrogen-bond donors (Lipinski definition) is 1. The highest BCUT2D eigenvalue weighted by Crippen LogP contribution is 2.27.